The van der Waals surface area contributed by atoms with Crippen LogP contribution in [0.5, 0.6) is 0 Å². The van der Waals surface area contributed by atoms with Crippen LogP contribution < -0.4 is 10.6 Å². The number of hydrogen-bond donors (Lipinski definition) is 2. The van der Waals surface area contributed by atoms with Crippen molar-refractivity contribution in [1.82, 2.24) is 25.6 Å². The minimum Gasteiger partial charge on any atom is -0.364 e. The molecule has 112 valence electrons. The van der Waals surface area contributed by atoms with Crippen molar-refractivity contribution < 1.29 is 4.63 Å². The Morgan fingerprint density at radius 3 is 2.95 bits per heavy atom. The Bertz CT molecular complexity index is 605. The monoisotopic (exact) mass is 288 g/mol. The summed E-state index contributed by atoms with van der Waals surface area (Å²) in [5.41, 5.74) is 2.70. The number of nitrogens with one attached hydrogen (secondary N) is 2. The minimum absolute atomic E-state index is 0.469. The Hall–Kier alpha value is -2.02. The zero-order valence-corrected chi connectivity index (χ0v) is 12.4. The molecule has 0 aliphatic carbocycles. The molecule has 0 spiro atoms. The quantitative estimate of drug-likeness (QED) is 0.882. The van der Waals surface area contributed by atoms with Gasteiger partial charge in [0.05, 0.1) is 12.2 Å². The van der Waals surface area contributed by atoms with Crippen molar-refractivity contribution in [1.29, 1.82) is 0 Å². The largest absolute Gasteiger partial charge is 0.364 e. The lowest BCUT2D eigenvalue weighted by Crippen LogP contribution is -2.29. The van der Waals surface area contributed by atoms with Crippen molar-refractivity contribution in [2.75, 3.05) is 18.4 Å². The predicted molar refractivity (Wildman–Crippen MR) is 78.0 cm³/mol. The smallest absolute Gasteiger partial charge is 0.130 e. The average molecular weight is 288 g/mol. The molecule has 2 aromatic rings. The van der Waals surface area contributed by atoms with Gasteiger partial charge in [0.15, 0.2) is 0 Å². The van der Waals surface area contributed by atoms with Crippen LogP contribution in [0, 0.1) is 13.8 Å². The third-order valence-electron chi connectivity index (χ3n) is 3.76. The van der Waals surface area contributed by atoms with Gasteiger partial charge in [-0.15, -0.1) is 0 Å². The van der Waals surface area contributed by atoms with Gasteiger partial charge in [0, 0.05) is 18.5 Å². The maximum absolute atomic E-state index is 4.70. The predicted octanol–water partition coefficient (Wildman–Crippen LogP) is 1.56. The van der Waals surface area contributed by atoms with E-state index in [1.54, 1.807) is 0 Å². The number of aromatic nitrogens is 4. The third kappa shape index (κ3) is 3.36. The van der Waals surface area contributed by atoms with Gasteiger partial charge in [0.25, 0.3) is 0 Å². The third-order valence-corrected chi connectivity index (χ3v) is 3.76. The van der Waals surface area contributed by atoms with Crippen LogP contribution in [0.2, 0.25) is 0 Å². The van der Waals surface area contributed by atoms with E-state index in [-0.39, 0.29) is 0 Å². The van der Waals surface area contributed by atoms with Crippen molar-refractivity contribution in [2.45, 2.75) is 39.2 Å². The highest BCUT2D eigenvalue weighted by Gasteiger charge is 2.17. The van der Waals surface area contributed by atoms with Gasteiger partial charge in [-0.2, -0.15) is 0 Å². The Kier molecular flexibility index (Phi) is 4.10. The molecule has 3 heterocycles. The topological polar surface area (TPSA) is 88.8 Å². The van der Waals surface area contributed by atoms with Gasteiger partial charge < -0.3 is 10.6 Å². The molecule has 7 nitrogen and oxygen atoms in total. The van der Waals surface area contributed by atoms with E-state index < -0.39 is 0 Å². The Labute approximate surface area is 123 Å². The number of piperidine rings is 1. The molecule has 0 saturated carbocycles. The molecule has 1 fully saturated rings. The van der Waals surface area contributed by atoms with Gasteiger partial charge in [0.2, 0.25) is 0 Å². The Balaban J connectivity index is 1.73. The van der Waals surface area contributed by atoms with Crippen LogP contribution in [0.1, 0.15) is 41.7 Å². The van der Waals surface area contributed by atoms with Crippen LogP contribution >= 0.6 is 0 Å². The first-order valence-electron chi connectivity index (χ1n) is 7.30. The summed E-state index contributed by atoms with van der Waals surface area (Å²) in [6, 6.07) is 2.04. The van der Waals surface area contributed by atoms with Crippen molar-refractivity contribution in [2.24, 2.45) is 0 Å². The molecule has 1 unspecified atom stereocenters. The second-order valence-electron chi connectivity index (χ2n) is 5.42. The molecule has 7 heteroatoms. The molecule has 1 aliphatic heterocycles. The molecule has 1 atom stereocenters. The normalized spacial score (nSPS) is 18.7. The highest BCUT2D eigenvalue weighted by atomic mass is 16.6. The molecule has 0 bridgehead atoms. The second kappa shape index (κ2) is 6.17. The molecular formula is C14H20N6O. The van der Waals surface area contributed by atoms with E-state index in [9.17, 15) is 0 Å². The Morgan fingerprint density at radius 2 is 2.24 bits per heavy atom. The number of aryl methyl sites for hydroxylation is 2. The van der Waals surface area contributed by atoms with Crippen LogP contribution in [0.4, 0.5) is 5.82 Å². The lowest BCUT2D eigenvalue weighted by atomic mass is 9.96. The highest BCUT2D eigenvalue weighted by molar-refractivity contribution is 5.38. The van der Waals surface area contributed by atoms with Crippen LogP contribution in [-0.4, -0.2) is 33.4 Å². The zero-order valence-electron chi connectivity index (χ0n) is 12.4. The average Bonchev–Trinajstić information content (AvgIpc) is 2.91. The molecule has 3 rings (SSSR count). The fourth-order valence-electron chi connectivity index (χ4n) is 2.58. The van der Waals surface area contributed by atoms with Gasteiger partial charge in [-0.05, 0) is 33.2 Å². The maximum Gasteiger partial charge on any atom is 0.130 e. The van der Waals surface area contributed by atoms with Gasteiger partial charge in [-0.3, -0.25) is 0 Å². The van der Waals surface area contributed by atoms with Crippen molar-refractivity contribution in [3.63, 3.8) is 0 Å². The summed E-state index contributed by atoms with van der Waals surface area (Å²) in [4.78, 5) is 9.02. The van der Waals surface area contributed by atoms with Crippen LogP contribution in [-0.2, 0) is 6.54 Å². The number of hydrogen-bond acceptors (Lipinski definition) is 7. The van der Waals surface area contributed by atoms with E-state index in [1.165, 1.54) is 12.8 Å². The van der Waals surface area contributed by atoms with E-state index in [4.69, 9.17) is 4.63 Å². The van der Waals surface area contributed by atoms with Crippen molar-refractivity contribution in [3.05, 3.63) is 29.0 Å². The van der Waals surface area contributed by atoms with Crippen LogP contribution in [0.15, 0.2) is 10.7 Å². The first-order chi connectivity index (χ1) is 10.2. The molecule has 2 aromatic heterocycles. The summed E-state index contributed by atoms with van der Waals surface area (Å²) in [5.74, 6) is 2.08. The summed E-state index contributed by atoms with van der Waals surface area (Å²) >= 11 is 0. The van der Waals surface area contributed by atoms with Crippen molar-refractivity contribution in [3.8, 4) is 0 Å². The van der Waals surface area contributed by atoms with E-state index in [0.717, 1.165) is 41.8 Å². The van der Waals surface area contributed by atoms with Gasteiger partial charge in [0.1, 0.15) is 23.0 Å². The summed E-state index contributed by atoms with van der Waals surface area (Å²) in [5, 5.41) is 14.3. The molecule has 21 heavy (non-hydrogen) atoms. The fraction of sp³-hybridized carbons (Fsp3) is 0.571. The molecule has 0 radical (unpaired) electrons. The lowest BCUT2D eigenvalue weighted by Gasteiger charge is -2.22. The standard InChI is InChI=1S/C14H20N6O/c1-9-13(20-21-19-9)8-16-14-6-12(17-10(2)18-14)11-4-3-5-15-7-11/h6,11,15H,3-5,7-8H2,1-2H3,(H,16,17,18). The van der Waals surface area contributed by atoms with E-state index in [2.05, 4.69) is 30.9 Å². The van der Waals surface area contributed by atoms with Crippen LogP contribution in [0.3, 0.4) is 0 Å². The summed E-state index contributed by atoms with van der Waals surface area (Å²) < 4.78 is 4.70. The minimum atomic E-state index is 0.469. The summed E-state index contributed by atoms with van der Waals surface area (Å²) in [7, 11) is 0. The molecule has 1 aliphatic rings. The number of nitrogens with zero attached hydrogens (tertiary/aromatic N) is 4. The SMILES string of the molecule is Cc1nc(NCc2nonc2C)cc(C2CCCNC2)n1. The summed E-state index contributed by atoms with van der Waals surface area (Å²) in [6.45, 7) is 6.44. The molecule has 0 aromatic carbocycles. The first-order valence-corrected chi connectivity index (χ1v) is 7.30. The van der Waals surface area contributed by atoms with Gasteiger partial charge in [-0.25, -0.2) is 14.6 Å². The molecular weight excluding hydrogens is 268 g/mol. The molecule has 2 N–H and O–H groups in total. The lowest BCUT2D eigenvalue weighted by molar-refractivity contribution is 0.301. The maximum atomic E-state index is 4.70. The molecule has 0 amide bonds. The number of rotatable bonds is 4. The van der Waals surface area contributed by atoms with Crippen LogP contribution in [0.25, 0.3) is 0 Å². The van der Waals surface area contributed by atoms with Crippen molar-refractivity contribution >= 4 is 5.82 Å². The Morgan fingerprint density at radius 1 is 1.33 bits per heavy atom. The number of anilines is 1. The highest BCUT2D eigenvalue weighted by Crippen LogP contribution is 2.23. The fourth-order valence-corrected chi connectivity index (χ4v) is 2.58. The zero-order chi connectivity index (χ0) is 14.7. The van der Waals surface area contributed by atoms with E-state index >= 15 is 0 Å². The molecule has 1 saturated heterocycles. The van der Waals surface area contributed by atoms with E-state index in [0.29, 0.717) is 12.5 Å². The van der Waals surface area contributed by atoms with Gasteiger partial charge >= 0.3 is 0 Å². The summed E-state index contributed by atoms with van der Waals surface area (Å²) in [6.07, 6.45) is 2.37. The first kappa shape index (κ1) is 13.9. The van der Waals surface area contributed by atoms with Gasteiger partial charge in [-0.1, -0.05) is 10.3 Å². The van der Waals surface area contributed by atoms with E-state index in [1.807, 2.05) is 19.9 Å². The second-order valence-corrected chi connectivity index (χ2v) is 5.42.